The molecule has 0 aliphatic carbocycles. The predicted molar refractivity (Wildman–Crippen MR) is 92.4 cm³/mol. The summed E-state index contributed by atoms with van der Waals surface area (Å²) in [7, 11) is 0. The molecular weight excluding hydrogens is 320 g/mol. The number of H-pyrrole nitrogens is 1. The van der Waals surface area contributed by atoms with E-state index in [1.54, 1.807) is 55.8 Å². The van der Waals surface area contributed by atoms with Crippen LogP contribution in [0.3, 0.4) is 0 Å². The first kappa shape index (κ1) is 14.9. The molecule has 0 spiro atoms. The van der Waals surface area contributed by atoms with Crippen molar-refractivity contribution in [3.8, 4) is 23.1 Å². The standard InChI is InChI=1S/C18H14N4O3/c1-11-2-4-13(8-16(11)23)25-17-5-3-12(9-20-17)22-15-6-7-19-10-14(15)21-18(22)24/h2-10,23H,1H3,(H,21,24). The Labute approximate surface area is 142 Å². The van der Waals surface area contributed by atoms with E-state index in [-0.39, 0.29) is 11.4 Å². The molecule has 0 saturated carbocycles. The first-order valence-electron chi connectivity index (χ1n) is 7.60. The van der Waals surface area contributed by atoms with Crippen LogP contribution in [0, 0.1) is 6.92 Å². The van der Waals surface area contributed by atoms with E-state index in [9.17, 15) is 9.90 Å². The Morgan fingerprint density at radius 2 is 2.04 bits per heavy atom. The largest absolute Gasteiger partial charge is 0.508 e. The number of nitrogens with zero attached hydrogens (tertiary/aromatic N) is 3. The quantitative estimate of drug-likeness (QED) is 0.601. The van der Waals surface area contributed by atoms with E-state index in [0.717, 1.165) is 11.1 Å². The lowest BCUT2D eigenvalue weighted by Gasteiger charge is -2.08. The molecule has 124 valence electrons. The average Bonchev–Trinajstić information content (AvgIpc) is 2.95. The van der Waals surface area contributed by atoms with Gasteiger partial charge in [0.1, 0.15) is 11.5 Å². The second kappa shape index (κ2) is 5.79. The highest BCUT2D eigenvalue weighted by Crippen LogP contribution is 2.26. The Morgan fingerprint density at radius 3 is 2.80 bits per heavy atom. The van der Waals surface area contributed by atoms with Gasteiger partial charge in [0.25, 0.3) is 0 Å². The normalized spacial score (nSPS) is 10.9. The molecule has 1 aromatic carbocycles. The number of nitrogens with one attached hydrogen (secondary N) is 1. The highest BCUT2D eigenvalue weighted by Gasteiger charge is 2.09. The van der Waals surface area contributed by atoms with Gasteiger partial charge in [-0.25, -0.2) is 9.78 Å². The summed E-state index contributed by atoms with van der Waals surface area (Å²) in [5.74, 6) is 1.01. The van der Waals surface area contributed by atoms with Gasteiger partial charge in [-0.3, -0.25) is 9.55 Å². The van der Waals surface area contributed by atoms with Gasteiger partial charge in [0.05, 0.1) is 29.1 Å². The molecule has 0 amide bonds. The monoisotopic (exact) mass is 334 g/mol. The third-order valence-electron chi connectivity index (χ3n) is 3.87. The van der Waals surface area contributed by atoms with E-state index in [1.165, 1.54) is 10.6 Å². The van der Waals surface area contributed by atoms with Crippen LogP contribution in [-0.4, -0.2) is 24.6 Å². The number of benzene rings is 1. The number of phenolic OH excluding ortho intramolecular Hbond substituents is 1. The number of rotatable bonds is 3. The van der Waals surface area contributed by atoms with E-state index in [2.05, 4.69) is 15.0 Å². The molecule has 0 aliphatic rings. The van der Waals surface area contributed by atoms with Crippen molar-refractivity contribution in [1.29, 1.82) is 0 Å². The van der Waals surface area contributed by atoms with Gasteiger partial charge in [-0.15, -0.1) is 0 Å². The summed E-state index contributed by atoms with van der Waals surface area (Å²) in [6.07, 6.45) is 4.78. The minimum Gasteiger partial charge on any atom is -0.508 e. The molecule has 3 heterocycles. The van der Waals surface area contributed by atoms with Crippen molar-refractivity contribution in [3.63, 3.8) is 0 Å². The van der Waals surface area contributed by atoms with Gasteiger partial charge in [0.2, 0.25) is 5.88 Å². The van der Waals surface area contributed by atoms with Crippen molar-refractivity contribution in [3.05, 3.63) is 71.0 Å². The van der Waals surface area contributed by atoms with Crippen LogP contribution in [0.25, 0.3) is 16.7 Å². The molecule has 4 rings (SSSR count). The lowest BCUT2D eigenvalue weighted by atomic mass is 10.2. The van der Waals surface area contributed by atoms with Crippen molar-refractivity contribution in [1.82, 2.24) is 19.5 Å². The van der Waals surface area contributed by atoms with Gasteiger partial charge in [-0.05, 0) is 30.7 Å². The molecule has 7 heteroatoms. The Kier molecular flexibility index (Phi) is 3.46. The molecule has 25 heavy (non-hydrogen) atoms. The van der Waals surface area contributed by atoms with Crippen molar-refractivity contribution >= 4 is 11.0 Å². The molecular formula is C18H14N4O3. The molecule has 0 saturated heterocycles. The summed E-state index contributed by atoms with van der Waals surface area (Å²) in [6, 6.07) is 10.2. The van der Waals surface area contributed by atoms with Crippen LogP contribution < -0.4 is 10.4 Å². The summed E-state index contributed by atoms with van der Waals surface area (Å²) >= 11 is 0. The average molecular weight is 334 g/mol. The van der Waals surface area contributed by atoms with Crippen LogP contribution in [0.15, 0.2) is 59.8 Å². The van der Waals surface area contributed by atoms with Gasteiger partial charge < -0.3 is 14.8 Å². The number of hydrogen-bond donors (Lipinski definition) is 2. The summed E-state index contributed by atoms with van der Waals surface area (Å²) < 4.78 is 7.15. The van der Waals surface area contributed by atoms with Crippen LogP contribution in [0.5, 0.6) is 17.4 Å². The third kappa shape index (κ3) is 2.72. The molecule has 0 radical (unpaired) electrons. The molecule has 0 atom stereocenters. The maximum atomic E-state index is 12.2. The fraction of sp³-hybridized carbons (Fsp3) is 0.0556. The maximum Gasteiger partial charge on any atom is 0.331 e. The van der Waals surface area contributed by atoms with Gasteiger partial charge >= 0.3 is 5.69 Å². The van der Waals surface area contributed by atoms with Crippen molar-refractivity contribution in [2.24, 2.45) is 0 Å². The Hall–Kier alpha value is -3.61. The molecule has 3 aromatic heterocycles. The Bertz CT molecular complexity index is 1110. The fourth-order valence-electron chi connectivity index (χ4n) is 2.55. The van der Waals surface area contributed by atoms with Gasteiger partial charge in [0.15, 0.2) is 0 Å². The lowest BCUT2D eigenvalue weighted by molar-refractivity contribution is 0.443. The van der Waals surface area contributed by atoms with Gasteiger partial charge in [-0.2, -0.15) is 0 Å². The van der Waals surface area contributed by atoms with Gasteiger partial charge in [-0.1, -0.05) is 6.07 Å². The van der Waals surface area contributed by atoms with E-state index in [0.29, 0.717) is 22.8 Å². The van der Waals surface area contributed by atoms with Crippen LogP contribution in [0.4, 0.5) is 0 Å². The minimum absolute atomic E-state index is 0.160. The fourth-order valence-corrected chi connectivity index (χ4v) is 2.55. The molecule has 0 unspecified atom stereocenters. The van der Waals surface area contributed by atoms with Crippen LogP contribution in [0.2, 0.25) is 0 Å². The van der Waals surface area contributed by atoms with Crippen molar-refractivity contribution < 1.29 is 9.84 Å². The molecule has 7 nitrogen and oxygen atoms in total. The third-order valence-corrected chi connectivity index (χ3v) is 3.87. The zero-order valence-corrected chi connectivity index (χ0v) is 13.3. The number of aromatic hydroxyl groups is 1. The molecule has 0 aliphatic heterocycles. The minimum atomic E-state index is -0.262. The number of imidazole rings is 1. The van der Waals surface area contributed by atoms with Crippen LogP contribution in [-0.2, 0) is 0 Å². The SMILES string of the molecule is Cc1ccc(Oc2ccc(-n3c(=O)[nH]c4cnccc43)cn2)cc1O. The number of ether oxygens (including phenoxy) is 1. The molecule has 0 fully saturated rings. The smallest absolute Gasteiger partial charge is 0.331 e. The van der Waals surface area contributed by atoms with E-state index < -0.39 is 0 Å². The first-order chi connectivity index (χ1) is 12.1. The predicted octanol–water partition coefficient (Wildman–Crippen LogP) is 2.92. The highest BCUT2D eigenvalue weighted by atomic mass is 16.5. The van der Waals surface area contributed by atoms with Crippen LogP contribution >= 0.6 is 0 Å². The van der Waals surface area contributed by atoms with E-state index >= 15 is 0 Å². The number of phenols is 1. The van der Waals surface area contributed by atoms with E-state index in [1.807, 2.05) is 0 Å². The summed E-state index contributed by atoms with van der Waals surface area (Å²) in [5.41, 5.74) is 2.49. The number of aromatic amines is 1. The Morgan fingerprint density at radius 1 is 1.16 bits per heavy atom. The number of hydrogen-bond acceptors (Lipinski definition) is 5. The van der Waals surface area contributed by atoms with E-state index in [4.69, 9.17) is 4.74 Å². The first-order valence-corrected chi connectivity index (χ1v) is 7.60. The second-order valence-corrected chi connectivity index (χ2v) is 5.56. The van der Waals surface area contributed by atoms with Crippen molar-refractivity contribution in [2.45, 2.75) is 6.92 Å². The second-order valence-electron chi connectivity index (χ2n) is 5.56. The summed E-state index contributed by atoms with van der Waals surface area (Å²) in [5, 5.41) is 9.73. The number of pyridine rings is 2. The topological polar surface area (TPSA) is 93.0 Å². The Balaban J connectivity index is 1.66. The number of aryl methyl sites for hydroxylation is 1. The lowest BCUT2D eigenvalue weighted by Crippen LogP contribution is -2.14. The van der Waals surface area contributed by atoms with Crippen LogP contribution in [0.1, 0.15) is 5.56 Å². The van der Waals surface area contributed by atoms with Gasteiger partial charge in [0, 0.05) is 18.3 Å². The summed E-state index contributed by atoms with van der Waals surface area (Å²) in [4.78, 5) is 23.2. The zero-order chi connectivity index (χ0) is 17.4. The zero-order valence-electron chi connectivity index (χ0n) is 13.3. The maximum absolute atomic E-state index is 12.2. The molecule has 2 N–H and O–H groups in total. The molecule has 0 bridgehead atoms. The number of aromatic nitrogens is 4. The number of fused-ring (bicyclic) bond motifs is 1. The van der Waals surface area contributed by atoms with Crippen molar-refractivity contribution in [2.75, 3.05) is 0 Å². The molecule has 4 aromatic rings. The highest BCUT2D eigenvalue weighted by molar-refractivity contribution is 5.75. The summed E-state index contributed by atoms with van der Waals surface area (Å²) in [6.45, 7) is 1.81.